The Morgan fingerprint density at radius 1 is 1.40 bits per heavy atom. The normalized spacial score (nSPS) is 10.7. The highest BCUT2D eigenvalue weighted by molar-refractivity contribution is 7.09. The van der Waals surface area contributed by atoms with Crippen molar-refractivity contribution in [2.24, 2.45) is 5.84 Å². The van der Waals surface area contributed by atoms with Gasteiger partial charge in [0.15, 0.2) is 5.69 Å². The van der Waals surface area contributed by atoms with E-state index in [1.807, 2.05) is 13.8 Å². The summed E-state index contributed by atoms with van der Waals surface area (Å²) in [7, 11) is 0. The molecule has 0 aliphatic rings. The minimum atomic E-state index is -0.404. The van der Waals surface area contributed by atoms with E-state index in [9.17, 15) is 4.79 Å². The molecule has 0 unspecified atom stereocenters. The van der Waals surface area contributed by atoms with Crippen LogP contribution in [0.3, 0.4) is 0 Å². The zero-order chi connectivity index (χ0) is 14.7. The van der Waals surface area contributed by atoms with Gasteiger partial charge >= 0.3 is 0 Å². The summed E-state index contributed by atoms with van der Waals surface area (Å²) in [6.45, 7) is 5.64. The van der Waals surface area contributed by atoms with Crippen LogP contribution < -0.4 is 16.6 Å². The first kappa shape index (κ1) is 14.3. The van der Waals surface area contributed by atoms with Gasteiger partial charge in [0, 0.05) is 17.5 Å². The number of hydrogen-bond donors (Lipinski definition) is 3. The number of rotatable bonds is 4. The maximum absolute atomic E-state index is 12.2. The Hall–Kier alpha value is -2.13. The van der Waals surface area contributed by atoms with Gasteiger partial charge in [-0.3, -0.25) is 16.0 Å². The number of aryl methyl sites for hydroxylation is 1. The van der Waals surface area contributed by atoms with E-state index in [1.54, 1.807) is 6.92 Å². The molecule has 2 aromatic rings. The molecule has 0 saturated heterocycles. The predicted octanol–water partition coefficient (Wildman–Crippen LogP) is 1.30. The summed E-state index contributed by atoms with van der Waals surface area (Å²) in [6, 6.07) is 0. The van der Waals surface area contributed by atoms with Gasteiger partial charge in [-0.1, -0.05) is 13.8 Å². The van der Waals surface area contributed by atoms with Crippen molar-refractivity contribution in [2.75, 3.05) is 10.7 Å². The Balaban J connectivity index is 2.29. The molecule has 106 valence electrons. The van der Waals surface area contributed by atoms with Crippen molar-refractivity contribution in [1.29, 1.82) is 0 Å². The van der Waals surface area contributed by atoms with Crippen LogP contribution in [-0.4, -0.2) is 25.2 Å². The molecule has 2 aromatic heterocycles. The van der Waals surface area contributed by atoms with E-state index >= 15 is 0 Å². The quantitative estimate of drug-likeness (QED) is 0.574. The topological polar surface area (TPSA) is 119 Å². The molecule has 4 N–H and O–H groups in total. The van der Waals surface area contributed by atoms with Gasteiger partial charge in [-0.15, -0.1) is 0 Å². The fourth-order valence-corrected chi connectivity index (χ4v) is 2.03. The smallest absolute Gasteiger partial charge is 0.278 e. The van der Waals surface area contributed by atoms with Gasteiger partial charge in [-0.05, 0) is 6.92 Å². The van der Waals surface area contributed by atoms with E-state index in [4.69, 9.17) is 5.84 Å². The zero-order valence-corrected chi connectivity index (χ0v) is 12.2. The first-order valence-corrected chi connectivity index (χ1v) is 6.73. The van der Waals surface area contributed by atoms with Crippen molar-refractivity contribution in [1.82, 2.24) is 19.3 Å². The van der Waals surface area contributed by atoms with Gasteiger partial charge in [0.1, 0.15) is 11.6 Å². The Kier molecular flexibility index (Phi) is 4.20. The van der Waals surface area contributed by atoms with E-state index in [1.165, 1.54) is 6.20 Å². The molecule has 0 radical (unpaired) electrons. The first-order chi connectivity index (χ1) is 9.51. The van der Waals surface area contributed by atoms with Crippen LogP contribution in [0.5, 0.6) is 0 Å². The Morgan fingerprint density at radius 3 is 2.70 bits per heavy atom. The number of nitrogens with two attached hydrogens (primary N) is 1. The molecule has 9 heteroatoms. The summed E-state index contributed by atoms with van der Waals surface area (Å²) < 4.78 is 3.99. The second-order valence-corrected chi connectivity index (χ2v) is 5.14. The summed E-state index contributed by atoms with van der Waals surface area (Å²) in [6.07, 6.45) is 1.49. The molecule has 0 aliphatic carbocycles. The molecule has 2 rings (SSSR count). The third-order valence-electron chi connectivity index (χ3n) is 2.44. The highest BCUT2D eigenvalue weighted by Crippen LogP contribution is 2.18. The van der Waals surface area contributed by atoms with Gasteiger partial charge in [-0.2, -0.15) is 4.37 Å². The van der Waals surface area contributed by atoms with Crippen molar-refractivity contribution >= 4 is 28.3 Å². The fraction of sp³-hybridized carbons (Fsp3) is 0.364. The number of hydrazine groups is 1. The number of nitrogens with one attached hydrogen (secondary N) is 2. The number of carbonyl (C=O) groups is 1. The second kappa shape index (κ2) is 5.88. The van der Waals surface area contributed by atoms with Crippen LogP contribution in [0.1, 0.15) is 41.9 Å². The van der Waals surface area contributed by atoms with E-state index in [2.05, 4.69) is 30.1 Å². The van der Waals surface area contributed by atoms with Crippen LogP contribution in [-0.2, 0) is 0 Å². The lowest BCUT2D eigenvalue weighted by Gasteiger charge is -2.10. The predicted molar refractivity (Wildman–Crippen MR) is 76.5 cm³/mol. The Labute approximate surface area is 120 Å². The van der Waals surface area contributed by atoms with Crippen LogP contribution in [0.2, 0.25) is 0 Å². The molecule has 20 heavy (non-hydrogen) atoms. The number of carbonyl (C=O) groups excluding carboxylic acids is 1. The van der Waals surface area contributed by atoms with Crippen LogP contribution >= 0.6 is 11.5 Å². The van der Waals surface area contributed by atoms with Gasteiger partial charge in [0.2, 0.25) is 5.13 Å². The van der Waals surface area contributed by atoms with Crippen molar-refractivity contribution in [2.45, 2.75) is 26.7 Å². The maximum Gasteiger partial charge on any atom is 0.278 e. The van der Waals surface area contributed by atoms with Crippen LogP contribution in [0, 0.1) is 6.92 Å². The van der Waals surface area contributed by atoms with Crippen molar-refractivity contribution in [3.05, 3.63) is 23.5 Å². The van der Waals surface area contributed by atoms with Crippen LogP contribution in [0.15, 0.2) is 6.20 Å². The van der Waals surface area contributed by atoms with Crippen LogP contribution in [0.25, 0.3) is 0 Å². The molecular weight excluding hydrogens is 278 g/mol. The molecule has 0 fully saturated rings. The number of aromatic nitrogens is 4. The summed E-state index contributed by atoms with van der Waals surface area (Å²) in [4.78, 5) is 24.7. The lowest BCUT2D eigenvalue weighted by atomic mass is 10.2. The molecular formula is C11H15N7OS. The highest BCUT2D eigenvalue weighted by atomic mass is 32.1. The average molecular weight is 293 g/mol. The summed E-state index contributed by atoms with van der Waals surface area (Å²) >= 11 is 1.11. The molecule has 0 aromatic carbocycles. The molecule has 0 atom stereocenters. The fourth-order valence-electron chi connectivity index (χ4n) is 1.46. The van der Waals surface area contributed by atoms with E-state index in [0.29, 0.717) is 22.5 Å². The van der Waals surface area contributed by atoms with E-state index in [-0.39, 0.29) is 11.6 Å². The molecule has 2 heterocycles. The molecule has 8 nitrogen and oxygen atoms in total. The summed E-state index contributed by atoms with van der Waals surface area (Å²) in [5.41, 5.74) is 2.95. The number of nitrogens with zero attached hydrogens (tertiary/aromatic N) is 4. The molecule has 0 saturated carbocycles. The zero-order valence-electron chi connectivity index (χ0n) is 11.3. The van der Waals surface area contributed by atoms with Crippen molar-refractivity contribution < 1.29 is 4.79 Å². The minimum absolute atomic E-state index is 0.108. The Morgan fingerprint density at radius 2 is 2.15 bits per heavy atom. The lowest BCUT2D eigenvalue weighted by molar-refractivity contribution is 0.102. The van der Waals surface area contributed by atoms with Gasteiger partial charge in [0.25, 0.3) is 5.91 Å². The molecule has 1 amide bonds. The van der Waals surface area contributed by atoms with E-state index in [0.717, 1.165) is 11.5 Å². The van der Waals surface area contributed by atoms with Gasteiger partial charge in [0.05, 0.1) is 11.9 Å². The van der Waals surface area contributed by atoms with Crippen molar-refractivity contribution in [3.8, 4) is 0 Å². The third-order valence-corrected chi connectivity index (χ3v) is 3.16. The van der Waals surface area contributed by atoms with E-state index < -0.39 is 5.91 Å². The number of nitrogen functional groups attached to an aromatic ring is 1. The molecule has 0 bridgehead atoms. The van der Waals surface area contributed by atoms with Crippen molar-refractivity contribution in [3.63, 3.8) is 0 Å². The SMILES string of the molecule is Cc1nsc(NC(=O)c2nc(C(C)C)ncc2NN)n1. The monoisotopic (exact) mass is 293 g/mol. The Bertz CT molecular complexity index is 625. The molecule has 0 aliphatic heterocycles. The number of amides is 1. The average Bonchev–Trinajstić information content (AvgIpc) is 2.83. The molecule has 0 spiro atoms. The number of hydrogen-bond acceptors (Lipinski definition) is 8. The minimum Gasteiger partial charge on any atom is -0.321 e. The largest absolute Gasteiger partial charge is 0.321 e. The summed E-state index contributed by atoms with van der Waals surface area (Å²) in [5.74, 6) is 6.26. The van der Waals surface area contributed by atoms with Gasteiger partial charge < -0.3 is 5.43 Å². The maximum atomic E-state index is 12.2. The number of anilines is 2. The van der Waals surface area contributed by atoms with Gasteiger partial charge in [-0.25, -0.2) is 15.0 Å². The lowest BCUT2D eigenvalue weighted by Crippen LogP contribution is -2.20. The standard InChI is InChI=1S/C11H15N7OS/c1-5(2)9-13-4-7(17-12)8(15-9)10(19)16-11-14-6(3)18-20-11/h4-5,17H,12H2,1-3H3,(H,14,16,18,19). The first-order valence-electron chi connectivity index (χ1n) is 5.96. The highest BCUT2D eigenvalue weighted by Gasteiger charge is 2.17. The van der Waals surface area contributed by atoms with Crippen LogP contribution in [0.4, 0.5) is 10.8 Å². The summed E-state index contributed by atoms with van der Waals surface area (Å²) in [5, 5.41) is 3.06. The second-order valence-electron chi connectivity index (χ2n) is 4.39. The third kappa shape index (κ3) is 3.06.